The Kier molecular flexibility index (Phi) is 3.02. The number of likely N-dealkylation sites (N-methyl/N-ethyl adjacent to an activating group) is 1. The number of carbonyl (C=O) groups is 1. The largest absolute Gasteiger partial charge is 0.314 e. The van der Waals surface area contributed by atoms with Gasteiger partial charge in [-0.15, -0.1) is 0 Å². The van der Waals surface area contributed by atoms with Crippen LogP contribution in [0.5, 0.6) is 0 Å². The number of nitrogens with zero attached hydrogens (tertiary/aromatic N) is 2. The maximum absolute atomic E-state index is 13.5. The van der Waals surface area contributed by atoms with Crippen LogP contribution in [0.25, 0.3) is 0 Å². The van der Waals surface area contributed by atoms with Gasteiger partial charge in [0.05, 0.1) is 5.69 Å². The lowest BCUT2D eigenvalue weighted by molar-refractivity contribution is -0.119. The average Bonchev–Trinajstić information content (AvgIpc) is 2.98. The number of halogens is 1. The molecular weight excluding hydrogens is 320 g/mol. The summed E-state index contributed by atoms with van der Waals surface area (Å²) in [5.41, 5.74) is 3.42. The molecule has 0 aromatic heterocycles. The fraction of sp³-hybridized carbons (Fsp3) is 0.300. The first-order chi connectivity index (χ1) is 11.3. The smallest absolute Gasteiger partial charge is 0.247 e. The van der Waals surface area contributed by atoms with Gasteiger partial charge < -0.3 is 4.90 Å². The number of hydrogen-bond donors (Lipinski definition) is 0. The summed E-state index contributed by atoms with van der Waals surface area (Å²) in [6, 6.07) is 13.6. The number of anilines is 1. The molecule has 0 fully saturated rings. The van der Waals surface area contributed by atoms with Crippen molar-refractivity contribution >= 4 is 34.6 Å². The summed E-state index contributed by atoms with van der Waals surface area (Å²) in [6.45, 7) is 6.32. The van der Waals surface area contributed by atoms with Crippen LogP contribution in [-0.4, -0.2) is 18.7 Å². The van der Waals surface area contributed by atoms with Gasteiger partial charge in [0.2, 0.25) is 5.91 Å². The standard InChI is InChI=1S/C20H19ClN2O/c1-19(2,3)17-20(13-7-5-6-8-15(13)22-17)14-11-12(21)9-10-16(14)23(4)18(20)24/h5-11H,1-4H3. The molecule has 0 N–H and O–H groups in total. The van der Waals surface area contributed by atoms with Gasteiger partial charge in [-0.05, 0) is 24.3 Å². The van der Waals surface area contributed by atoms with Gasteiger partial charge in [-0.3, -0.25) is 9.79 Å². The third-order valence-corrected chi connectivity index (χ3v) is 5.19. The van der Waals surface area contributed by atoms with E-state index in [2.05, 4.69) is 20.8 Å². The molecule has 4 rings (SSSR count). The summed E-state index contributed by atoms with van der Waals surface area (Å²) in [5, 5.41) is 0.633. The quantitative estimate of drug-likeness (QED) is 0.683. The second-order valence-corrected chi connectivity index (χ2v) is 7.94. The van der Waals surface area contributed by atoms with Gasteiger partial charge in [-0.1, -0.05) is 50.6 Å². The van der Waals surface area contributed by atoms with E-state index in [0.717, 1.165) is 28.2 Å². The number of para-hydroxylation sites is 1. The van der Waals surface area contributed by atoms with Gasteiger partial charge >= 0.3 is 0 Å². The van der Waals surface area contributed by atoms with Crippen LogP contribution in [0.3, 0.4) is 0 Å². The van der Waals surface area contributed by atoms with E-state index >= 15 is 0 Å². The molecule has 1 unspecified atom stereocenters. The van der Waals surface area contributed by atoms with Gasteiger partial charge in [0.15, 0.2) is 0 Å². The van der Waals surface area contributed by atoms with E-state index in [-0.39, 0.29) is 11.3 Å². The topological polar surface area (TPSA) is 32.7 Å². The van der Waals surface area contributed by atoms with Gasteiger partial charge in [0.25, 0.3) is 0 Å². The van der Waals surface area contributed by atoms with Gasteiger partial charge in [-0.2, -0.15) is 0 Å². The molecule has 0 radical (unpaired) electrons. The first kappa shape index (κ1) is 15.4. The summed E-state index contributed by atoms with van der Waals surface area (Å²) in [6.07, 6.45) is 0. The Morgan fingerprint density at radius 1 is 1.08 bits per heavy atom. The first-order valence-electron chi connectivity index (χ1n) is 8.05. The van der Waals surface area contributed by atoms with Crippen LogP contribution in [0.2, 0.25) is 5.02 Å². The fourth-order valence-corrected chi connectivity index (χ4v) is 4.19. The minimum Gasteiger partial charge on any atom is -0.314 e. The third kappa shape index (κ3) is 1.73. The van der Waals surface area contributed by atoms with Crippen LogP contribution in [0, 0.1) is 5.41 Å². The number of benzene rings is 2. The molecule has 0 saturated heterocycles. The van der Waals surface area contributed by atoms with Crippen molar-refractivity contribution in [2.75, 3.05) is 11.9 Å². The predicted octanol–water partition coefficient (Wildman–Crippen LogP) is 4.73. The van der Waals surface area contributed by atoms with Crippen molar-refractivity contribution in [2.24, 2.45) is 10.4 Å². The molecule has 1 spiro atoms. The van der Waals surface area contributed by atoms with Gasteiger partial charge in [0.1, 0.15) is 5.41 Å². The number of rotatable bonds is 0. The molecule has 24 heavy (non-hydrogen) atoms. The molecule has 2 aromatic carbocycles. The Balaban J connectivity index is 2.14. The molecule has 1 amide bonds. The van der Waals surface area contributed by atoms with E-state index in [1.807, 2.05) is 49.5 Å². The molecule has 2 aliphatic heterocycles. The van der Waals surface area contributed by atoms with Crippen LogP contribution in [0.1, 0.15) is 31.9 Å². The number of amides is 1. The van der Waals surface area contributed by atoms with E-state index < -0.39 is 5.41 Å². The number of fused-ring (bicyclic) bond motifs is 4. The molecule has 2 heterocycles. The van der Waals surface area contributed by atoms with E-state index in [1.165, 1.54) is 0 Å². The van der Waals surface area contributed by atoms with Crippen LogP contribution >= 0.6 is 11.6 Å². The monoisotopic (exact) mass is 338 g/mol. The molecule has 122 valence electrons. The number of aliphatic imine (C=N–C) groups is 1. The van der Waals surface area contributed by atoms with Gasteiger partial charge in [-0.25, -0.2) is 0 Å². The van der Waals surface area contributed by atoms with E-state index in [1.54, 1.807) is 4.90 Å². The summed E-state index contributed by atoms with van der Waals surface area (Å²) >= 11 is 6.30. The van der Waals surface area contributed by atoms with E-state index in [9.17, 15) is 4.79 Å². The van der Waals surface area contributed by atoms with Crippen molar-refractivity contribution in [3.05, 3.63) is 58.6 Å². The van der Waals surface area contributed by atoms with Crippen molar-refractivity contribution in [1.82, 2.24) is 0 Å². The lowest BCUT2D eigenvalue weighted by Crippen LogP contribution is -2.48. The third-order valence-electron chi connectivity index (χ3n) is 4.96. The highest BCUT2D eigenvalue weighted by Gasteiger charge is 2.60. The lowest BCUT2D eigenvalue weighted by atomic mass is 9.66. The minimum atomic E-state index is -0.871. The summed E-state index contributed by atoms with van der Waals surface area (Å²) in [5.74, 6) is 0.0402. The number of carbonyl (C=O) groups excluding carboxylic acids is 1. The summed E-state index contributed by atoms with van der Waals surface area (Å²) in [7, 11) is 1.82. The zero-order chi connectivity index (χ0) is 17.3. The van der Waals surface area contributed by atoms with E-state index in [4.69, 9.17) is 16.6 Å². The Bertz CT molecular complexity index is 910. The van der Waals surface area contributed by atoms with Crippen molar-refractivity contribution in [1.29, 1.82) is 0 Å². The maximum atomic E-state index is 13.5. The zero-order valence-electron chi connectivity index (χ0n) is 14.2. The molecule has 4 heteroatoms. The fourth-order valence-electron chi connectivity index (χ4n) is 4.02. The van der Waals surface area contributed by atoms with Crippen molar-refractivity contribution < 1.29 is 4.79 Å². The molecule has 0 aliphatic carbocycles. The molecule has 0 bridgehead atoms. The first-order valence-corrected chi connectivity index (χ1v) is 8.43. The molecular formula is C20H19ClN2O. The van der Waals surface area contributed by atoms with E-state index in [0.29, 0.717) is 5.02 Å². The molecule has 0 saturated carbocycles. The van der Waals surface area contributed by atoms with Crippen LogP contribution in [0.4, 0.5) is 11.4 Å². The van der Waals surface area contributed by atoms with Crippen LogP contribution in [-0.2, 0) is 10.2 Å². The van der Waals surface area contributed by atoms with Crippen LogP contribution < -0.4 is 4.90 Å². The van der Waals surface area contributed by atoms with Gasteiger partial charge in [0, 0.05) is 40.0 Å². The van der Waals surface area contributed by atoms with Crippen molar-refractivity contribution in [3.63, 3.8) is 0 Å². The molecule has 2 aromatic rings. The Hall–Kier alpha value is -2.13. The van der Waals surface area contributed by atoms with Crippen molar-refractivity contribution in [2.45, 2.75) is 26.2 Å². The highest BCUT2D eigenvalue weighted by Crippen LogP contribution is 2.56. The normalized spacial score (nSPS) is 22.0. The Morgan fingerprint density at radius 2 is 1.79 bits per heavy atom. The molecule has 3 nitrogen and oxygen atoms in total. The maximum Gasteiger partial charge on any atom is 0.247 e. The second kappa shape index (κ2) is 4.70. The summed E-state index contributed by atoms with van der Waals surface area (Å²) in [4.78, 5) is 20.1. The Morgan fingerprint density at radius 3 is 2.50 bits per heavy atom. The highest BCUT2D eigenvalue weighted by atomic mass is 35.5. The SMILES string of the molecule is CN1C(=O)C2(C(C(C)(C)C)=Nc3ccccc32)c2cc(Cl)ccc21. The summed E-state index contributed by atoms with van der Waals surface area (Å²) < 4.78 is 0. The molecule has 1 atom stereocenters. The minimum absolute atomic E-state index is 0.0402. The highest BCUT2D eigenvalue weighted by molar-refractivity contribution is 6.33. The second-order valence-electron chi connectivity index (χ2n) is 7.50. The van der Waals surface area contributed by atoms with Crippen molar-refractivity contribution in [3.8, 4) is 0 Å². The average molecular weight is 339 g/mol. The predicted molar refractivity (Wildman–Crippen MR) is 98.6 cm³/mol. The lowest BCUT2D eigenvalue weighted by Gasteiger charge is -2.33. The number of hydrogen-bond acceptors (Lipinski definition) is 2. The van der Waals surface area contributed by atoms with Crippen LogP contribution in [0.15, 0.2) is 47.5 Å². The zero-order valence-corrected chi connectivity index (χ0v) is 15.0. The molecule has 2 aliphatic rings. The Labute approximate surface area is 147 Å².